The average molecular weight is 304 g/mol. The number of hydrogen-bond donors (Lipinski definition) is 2. The summed E-state index contributed by atoms with van der Waals surface area (Å²) in [7, 11) is 0. The maximum atomic E-state index is 13.0. The molecule has 0 aliphatic rings. The van der Waals surface area contributed by atoms with Crippen LogP contribution in [-0.4, -0.2) is 22.8 Å². The highest BCUT2D eigenvalue weighted by atomic mass is 19.1. The van der Waals surface area contributed by atoms with Gasteiger partial charge in [-0.1, -0.05) is 18.2 Å². The van der Waals surface area contributed by atoms with Crippen LogP contribution in [-0.2, 0) is 11.2 Å². The molecule has 116 valence electrons. The number of benzene rings is 2. The van der Waals surface area contributed by atoms with Crippen LogP contribution in [0.5, 0.6) is 11.5 Å². The zero-order chi connectivity index (χ0) is 16.1. The van der Waals surface area contributed by atoms with Gasteiger partial charge in [-0.05, 0) is 48.7 Å². The fourth-order valence-corrected chi connectivity index (χ4v) is 2.24. The number of halogens is 1. The lowest BCUT2D eigenvalue weighted by Gasteiger charge is -2.14. The van der Waals surface area contributed by atoms with Crippen molar-refractivity contribution in [1.29, 1.82) is 0 Å². The Bertz CT molecular complexity index is 652. The molecule has 0 aliphatic carbocycles. The highest BCUT2D eigenvalue weighted by Crippen LogP contribution is 2.30. The first kappa shape index (κ1) is 15.8. The fraction of sp³-hybridized carbons (Fsp3) is 0.235. The second kappa shape index (κ2) is 6.93. The van der Waals surface area contributed by atoms with Crippen LogP contribution in [0, 0.1) is 5.82 Å². The molecule has 0 spiro atoms. The molecule has 2 aromatic carbocycles. The normalized spacial score (nSPS) is 11.9. The van der Waals surface area contributed by atoms with Gasteiger partial charge < -0.3 is 14.9 Å². The second-order valence-corrected chi connectivity index (χ2v) is 4.88. The van der Waals surface area contributed by atoms with Crippen LogP contribution in [0.2, 0.25) is 0 Å². The lowest BCUT2D eigenvalue weighted by atomic mass is 9.92. The minimum Gasteiger partial charge on any atom is -0.504 e. The van der Waals surface area contributed by atoms with Gasteiger partial charge in [-0.2, -0.15) is 0 Å². The lowest BCUT2D eigenvalue weighted by Crippen LogP contribution is -2.14. The van der Waals surface area contributed by atoms with E-state index in [1.807, 2.05) is 0 Å². The van der Waals surface area contributed by atoms with Crippen LogP contribution in [0.4, 0.5) is 4.39 Å². The van der Waals surface area contributed by atoms with Gasteiger partial charge in [-0.15, -0.1) is 0 Å². The number of rotatable bonds is 6. The third-order valence-electron chi connectivity index (χ3n) is 3.33. The van der Waals surface area contributed by atoms with Crippen LogP contribution in [0.3, 0.4) is 0 Å². The molecule has 0 radical (unpaired) electrons. The number of carbonyl (C=O) groups is 1. The summed E-state index contributed by atoms with van der Waals surface area (Å²) in [6.07, 6.45) is 0.224. The maximum absolute atomic E-state index is 13.0. The van der Waals surface area contributed by atoms with E-state index in [0.29, 0.717) is 17.9 Å². The van der Waals surface area contributed by atoms with E-state index in [0.717, 1.165) is 5.56 Å². The van der Waals surface area contributed by atoms with E-state index >= 15 is 0 Å². The Morgan fingerprint density at radius 1 is 1.23 bits per heavy atom. The molecular weight excluding hydrogens is 287 g/mol. The number of aromatic hydroxyl groups is 1. The maximum Gasteiger partial charge on any atom is 0.311 e. The Balaban J connectivity index is 2.26. The van der Waals surface area contributed by atoms with Gasteiger partial charge in [0.25, 0.3) is 0 Å². The minimum atomic E-state index is -0.988. The molecule has 0 aliphatic heterocycles. The molecule has 1 atom stereocenters. The number of hydrogen-bond acceptors (Lipinski definition) is 3. The molecule has 0 aromatic heterocycles. The number of carboxylic acid groups (broad SMARTS) is 1. The Morgan fingerprint density at radius 3 is 2.50 bits per heavy atom. The molecule has 1 unspecified atom stereocenters. The lowest BCUT2D eigenvalue weighted by molar-refractivity contribution is -0.138. The van der Waals surface area contributed by atoms with Crippen LogP contribution < -0.4 is 4.74 Å². The van der Waals surface area contributed by atoms with Gasteiger partial charge in [-0.3, -0.25) is 4.79 Å². The van der Waals surface area contributed by atoms with Crippen molar-refractivity contribution in [3.05, 3.63) is 59.4 Å². The molecule has 0 bridgehead atoms. The summed E-state index contributed by atoms with van der Waals surface area (Å²) in [5.74, 6) is -1.85. The Kier molecular flexibility index (Phi) is 4.99. The average Bonchev–Trinajstić information content (AvgIpc) is 2.49. The van der Waals surface area contributed by atoms with Gasteiger partial charge in [0.2, 0.25) is 0 Å². The van der Waals surface area contributed by atoms with Crippen molar-refractivity contribution in [3.63, 3.8) is 0 Å². The molecule has 0 heterocycles. The topological polar surface area (TPSA) is 66.8 Å². The summed E-state index contributed by atoms with van der Waals surface area (Å²) < 4.78 is 18.3. The monoisotopic (exact) mass is 304 g/mol. The van der Waals surface area contributed by atoms with Gasteiger partial charge in [0, 0.05) is 0 Å². The van der Waals surface area contributed by atoms with Crippen molar-refractivity contribution in [1.82, 2.24) is 0 Å². The third-order valence-corrected chi connectivity index (χ3v) is 3.33. The van der Waals surface area contributed by atoms with Crippen LogP contribution >= 0.6 is 0 Å². The van der Waals surface area contributed by atoms with Crippen LogP contribution in [0.1, 0.15) is 24.0 Å². The Labute approximate surface area is 127 Å². The predicted molar refractivity (Wildman–Crippen MR) is 79.8 cm³/mol. The van der Waals surface area contributed by atoms with Crippen molar-refractivity contribution in [2.45, 2.75) is 19.3 Å². The van der Waals surface area contributed by atoms with Gasteiger partial charge in [0.1, 0.15) is 5.82 Å². The minimum absolute atomic E-state index is 0.0132. The Hall–Kier alpha value is -2.56. The van der Waals surface area contributed by atoms with E-state index in [1.165, 1.54) is 30.3 Å². The number of phenolic OH excluding ortho intramolecular Hbond substituents is 1. The highest BCUT2D eigenvalue weighted by Gasteiger charge is 2.21. The van der Waals surface area contributed by atoms with Gasteiger partial charge in [0.15, 0.2) is 11.5 Å². The van der Waals surface area contributed by atoms with E-state index in [2.05, 4.69) is 0 Å². The largest absolute Gasteiger partial charge is 0.504 e. The molecule has 5 heteroatoms. The van der Waals surface area contributed by atoms with Gasteiger partial charge in [0.05, 0.1) is 12.5 Å². The smallest absolute Gasteiger partial charge is 0.311 e. The van der Waals surface area contributed by atoms with Gasteiger partial charge >= 0.3 is 5.97 Å². The quantitative estimate of drug-likeness (QED) is 0.859. The zero-order valence-electron chi connectivity index (χ0n) is 12.1. The first-order chi connectivity index (χ1) is 10.5. The third kappa shape index (κ3) is 3.75. The van der Waals surface area contributed by atoms with Gasteiger partial charge in [-0.25, -0.2) is 4.39 Å². The predicted octanol–water partition coefficient (Wildman–Crippen LogP) is 3.34. The summed E-state index contributed by atoms with van der Waals surface area (Å²) in [6.45, 7) is 2.20. The highest BCUT2D eigenvalue weighted by molar-refractivity contribution is 5.76. The van der Waals surface area contributed by atoms with Crippen molar-refractivity contribution in [2.75, 3.05) is 6.61 Å². The van der Waals surface area contributed by atoms with Crippen molar-refractivity contribution in [2.24, 2.45) is 0 Å². The molecule has 2 rings (SSSR count). The molecule has 2 aromatic rings. The molecule has 2 N–H and O–H groups in total. The number of ether oxygens (including phenoxy) is 1. The number of phenols is 1. The summed E-state index contributed by atoms with van der Waals surface area (Å²) in [5, 5.41) is 19.1. The molecule has 0 saturated heterocycles. The standard InChI is InChI=1S/C17H17FO4/c1-2-22-16-10-11(3-8-15(16)19)9-14(17(20)21)12-4-6-13(18)7-5-12/h3-8,10,14,19H,2,9H2,1H3,(H,20,21). The zero-order valence-corrected chi connectivity index (χ0v) is 12.1. The second-order valence-electron chi connectivity index (χ2n) is 4.88. The SMILES string of the molecule is CCOc1cc(CC(C(=O)O)c2ccc(F)cc2)ccc1O. The summed E-state index contributed by atoms with van der Waals surface area (Å²) in [6, 6.07) is 10.2. The molecule has 0 amide bonds. The van der Waals surface area contributed by atoms with E-state index in [9.17, 15) is 19.4 Å². The Morgan fingerprint density at radius 2 is 1.91 bits per heavy atom. The van der Waals surface area contributed by atoms with E-state index < -0.39 is 17.7 Å². The fourth-order valence-electron chi connectivity index (χ4n) is 2.24. The molecule has 4 nitrogen and oxygen atoms in total. The summed E-state index contributed by atoms with van der Waals surface area (Å²) in [4.78, 5) is 11.5. The van der Waals surface area contributed by atoms with Crippen molar-refractivity contribution < 1.29 is 24.1 Å². The van der Waals surface area contributed by atoms with Crippen LogP contribution in [0.25, 0.3) is 0 Å². The number of aliphatic carboxylic acids is 1. The molecule has 0 fully saturated rings. The van der Waals surface area contributed by atoms with E-state index in [4.69, 9.17) is 4.74 Å². The first-order valence-electron chi connectivity index (χ1n) is 6.94. The first-order valence-corrected chi connectivity index (χ1v) is 6.94. The van der Waals surface area contributed by atoms with E-state index in [1.54, 1.807) is 19.1 Å². The molecule has 0 saturated carbocycles. The molecule has 22 heavy (non-hydrogen) atoms. The number of carboxylic acids is 1. The summed E-state index contributed by atoms with van der Waals surface area (Å²) in [5.41, 5.74) is 1.25. The summed E-state index contributed by atoms with van der Waals surface area (Å²) >= 11 is 0. The van der Waals surface area contributed by atoms with E-state index in [-0.39, 0.29) is 12.2 Å². The van der Waals surface area contributed by atoms with Crippen molar-refractivity contribution >= 4 is 5.97 Å². The molecular formula is C17H17FO4. The van der Waals surface area contributed by atoms with Crippen LogP contribution in [0.15, 0.2) is 42.5 Å². The van der Waals surface area contributed by atoms with Crippen molar-refractivity contribution in [3.8, 4) is 11.5 Å².